The summed E-state index contributed by atoms with van der Waals surface area (Å²) in [6, 6.07) is 6.04. The van der Waals surface area contributed by atoms with Crippen molar-refractivity contribution in [2.45, 2.75) is 38.6 Å². The number of hydrogen-bond donors (Lipinski definition) is 1. The average Bonchev–Trinajstić information content (AvgIpc) is 3.08. The van der Waals surface area contributed by atoms with Gasteiger partial charge in [-0.3, -0.25) is 4.79 Å². The van der Waals surface area contributed by atoms with Gasteiger partial charge in [-0.05, 0) is 44.0 Å². The molecule has 1 aromatic heterocycles. The van der Waals surface area contributed by atoms with Crippen molar-refractivity contribution < 1.29 is 9.18 Å². The normalized spacial score (nSPS) is 15.2. The number of nitrogens with one attached hydrogen (secondary N) is 1. The van der Waals surface area contributed by atoms with Gasteiger partial charge in [-0.1, -0.05) is 24.4 Å². The van der Waals surface area contributed by atoms with Crippen LogP contribution in [0.2, 0.25) is 5.15 Å². The summed E-state index contributed by atoms with van der Waals surface area (Å²) in [7, 11) is 0. The van der Waals surface area contributed by atoms with E-state index in [-0.39, 0.29) is 22.9 Å². The van der Waals surface area contributed by atoms with Crippen LogP contribution < -0.4 is 5.32 Å². The molecule has 0 radical (unpaired) electrons. The summed E-state index contributed by atoms with van der Waals surface area (Å²) < 4.78 is 14.5. The molecule has 0 unspecified atom stereocenters. The molecule has 1 N–H and O–H groups in total. The third kappa shape index (κ3) is 2.86. The molecule has 4 nitrogen and oxygen atoms in total. The molecular weight excluding hydrogens is 305 g/mol. The molecule has 1 heterocycles. The number of aromatic nitrogens is 2. The van der Waals surface area contributed by atoms with E-state index in [4.69, 9.17) is 11.6 Å². The number of amides is 1. The Bertz CT molecular complexity index is 690. The minimum atomic E-state index is -0.331. The number of rotatable bonds is 3. The molecule has 1 aliphatic rings. The van der Waals surface area contributed by atoms with Gasteiger partial charge in [-0.25, -0.2) is 9.07 Å². The lowest BCUT2D eigenvalue weighted by Crippen LogP contribution is -2.32. The fraction of sp³-hybridized carbons (Fsp3) is 0.375. The van der Waals surface area contributed by atoms with Crippen molar-refractivity contribution in [3.05, 3.63) is 46.5 Å². The summed E-state index contributed by atoms with van der Waals surface area (Å²) in [6.07, 6.45) is 4.31. The van der Waals surface area contributed by atoms with Crippen molar-refractivity contribution in [3.63, 3.8) is 0 Å². The molecule has 1 saturated carbocycles. The van der Waals surface area contributed by atoms with Gasteiger partial charge < -0.3 is 5.32 Å². The van der Waals surface area contributed by atoms with Crippen LogP contribution in [0.1, 0.15) is 41.7 Å². The van der Waals surface area contributed by atoms with Crippen LogP contribution in [-0.4, -0.2) is 21.7 Å². The zero-order valence-electron chi connectivity index (χ0n) is 12.3. The van der Waals surface area contributed by atoms with Crippen LogP contribution in [0, 0.1) is 12.7 Å². The van der Waals surface area contributed by atoms with Gasteiger partial charge in [0.05, 0.1) is 16.9 Å². The highest BCUT2D eigenvalue weighted by Gasteiger charge is 2.24. The van der Waals surface area contributed by atoms with Crippen LogP contribution in [-0.2, 0) is 0 Å². The molecule has 0 aliphatic heterocycles. The first-order valence-electron chi connectivity index (χ1n) is 7.38. The predicted molar refractivity (Wildman–Crippen MR) is 83.0 cm³/mol. The number of hydrogen-bond acceptors (Lipinski definition) is 2. The lowest BCUT2D eigenvalue weighted by Gasteiger charge is -2.11. The summed E-state index contributed by atoms with van der Waals surface area (Å²) in [5, 5.41) is 7.57. The fourth-order valence-corrected chi connectivity index (χ4v) is 3.20. The van der Waals surface area contributed by atoms with E-state index in [1.165, 1.54) is 16.8 Å². The van der Waals surface area contributed by atoms with Gasteiger partial charge in [-0.15, -0.1) is 0 Å². The SMILES string of the molecule is Cc1nn(-c2ccc(F)cc2)c(Cl)c1C(=O)NC1CCCC1. The number of benzene rings is 1. The highest BCUT2D eigenvalue weighted by molar-refractivity contribution is 6.33. The van der Waals surface area contributed by atoms with Gasteiger partial charge in [-0.2, -0.15) is 5.10 Å². The Balaban J connectivity index is 1.89. The zero-order valence-corrected chi connectivity index (χ0v) is 13.0. The molecule has 1 aromatic carbocycles. The molecule has 6 heteroatoms. The third-order valence-corrected chi connectivity index (χ3v) is 4.34. The molecule has 2 aromatic rings. The highest BCUT2D eigenvalue weighted by Crippen LogP contribution is 2.25. The second-order valence-electron chi connectivity index (χ2n) is 5.59. The first kappa shape index (κ1) is 15.0. The largest absolute Gasteiger partial charge is 0.349 e. The number of aryl methyl sites for hydroxylation is 1. The lowest BCUT2D eigenvalue weighted by atomic mass is 10.2. The molecule has 3 rings (SSSR count). The molecule has 0 saturated heterocycles. The highest BCUT2D eigenvalue weighted by atomic mass is 35.5. The van der Waals surface area contributed by atoms with Gasteiger partial charge in [0.25, 0.3) is 5.91 Å². The van der Waals surface area contributed by atoms with Gasteiger partial charge in [0.2, 0.25) is 0 Å². The molecule has 1 fully saturated rings. The summed E-state index contributed by atoms with van der Waals surface area (Å²) in [5.41, 5.74) is 1.57. The van der Waals surface area contributed by atoms with Crippen LogP contribution in [0.25, 0.3) is 5.69 Å². The van der Waals surface area contributed by atoms with E-state index in [2.05, 4.69) is 10.4 Å². The van der Waals surface area contributed by atoms with E-state index in [0.717, 1.165) is 25.7 Å². The summed E-state index contributed by atoms with van der Waals surface area (Å²) in [6.45, 7) is 1.75. The van der Waals surface area contributed by atoms with Crippen LogP contribution in [0.4, 0.5) is 4.39 Å². The molecule has 0 atom stereocenters. The quantitative estimate of drug-likeness (QED) is 0.938. The number of nitrogens with zero attached hydrogens (tertiary/aromatic N) is 2. The minimum absolute atomic E-state index is 0.192. The Morgan fingerprint density at radius 3 is 2.59 bits per heavy atom. The van der Waals surface area contributed by atoms with Gasteiger partial charge >= 0.3 is 0 Å². The molecule has 22 heavy (non-hydrogen) atoms. The van der Waals surface area contributed by atoms with Crippen molar-refractivity contribution in [3.8, 4) is 5.69 Å². The monoisotopic (exact) mass is 321 g/mol. The van der Waals surface area contributed by atoms with E-state index >= 15 is 0 Å². The van der Waals surface area contributed by atoms with E-state index in [0.29, 0.717) is 16.9 Å². The van der Waals surface area contributed by atoms with Crippen molar-refractivity contribution in [1.29, 1.82) is 0 Å². The van der Waals surface area contributed by atoms with Crippen molar-refractivity contribution >= 4 is 17.5 Å². The maximum Gasteiger partial charge on any atom is 0.256 e. The summed E-state index contributed by atoms with van der Waals surface area (Å²) in [5.74, 6) is -0.522. The first-order chi connectivity index (χ1) is 10.6. The van der Waals surface area contributed by atoms with Gasteiger partial charge in [0.15, 0.2) is 0 Å². The van der Waals surface area contributed by atoms with Gasteiger partial charge in [0, 0.05) is 6.04 Å². The molecule has 116 valence electrons. The number of carbonyl (C=O) groups excluding carboxylic acids is 1. The number of halogens is 2. The zero-order chi connectivity index (χ0) is 15.7. The fourth-order valence-electron chi connectivity index (χ4n) is 2.84. The van der Waals surface area contributed by atoms with Gasteiger partial charge in [0.1, 0.15) is 11.0 Å². The number of carbonyl (C=O) groups is 1. The second-order valence-corrected chi connectivity index (χ2v) is 5.95. The molecule has 0 bridgehead atoms. The van der Waals surface area contributed by atoms with E-state index in [1.807, 2.05) is 0 Å². The topological polar surface area (TPSA) is 46.9 Å². The van der Waals surface area contributed by atoms with Crippen molar-refractivity contribution in [2.75, 3.05) is 0 Å². The second kappa shape index (κ2) is 6.08. The Morgan fingerprint density at radius 1 is 1.32 bits per heavy atom. The molecular formula is C16H17ClFN3O. The first-order valence-corrected chi connectivity index (χ1v) is 7.76. The smallest absolute Gasteiger partial charge is 0.256 e. The van der Waals surface area contributed by atoms with Crippen molar-refractivity contribution in [2.24, 2.45) is 0 Å². The Hall–Kier alpha value is -1.88. The van der Waals surface area contributed by atoms with Crippen LogP contribution in [0.5, 0.6) is 0 Å². The Labute approximate surface area is 133 Å². The third-order valence-electron chi connectivity index (χ3n) is 3.99. The van der Waals surface area contributed by atoms with E-state index < -0.39 is 0 Å². The maximum absolute atomic E-state index is 13.0. The lowest BCUT2D eigenvalue weighted by molar-refractivity contribution is 0.0937. The van der Waals surface area contributed by atoms with Crippen LogP contribution in [0.3, 0.4) is 0 Å². The minimum Gasteiger partial charge on any atom is -0.349 e. The summed E-state index contributed by atoms with van der Waals surface area (Å²) in [4.78, 5) is 12.4. The Kier molecular flexibility index (Phi) is 4.16. The maximum atomic E-state index is 13.0. The summed E-state index contributed by atoms with van der Waals surface area (Å²) >= 11 is 6.33. The Morgan fingerprint density at radius 2 is 1.95 bits per heavy atom. The predicted octanol–water partition coefficient (Wildman–Crippen LogP) is 3.65. The van der Waals surface area contributed by atoms with E-state index in [9.17, 15) is 9.18 Å². The van der Waals surface area contributed by atoms with E-state index in [1.54, 1.807) is 19.1 Å². The average molecular weight is 322 g/mol. The standard InChI is InChI=1S/C16H17ClFN3O/c1-10-14(16(22)19-12-4-2-3-5-12)15(17)21(20-10)13-8-6-11(18)7-9-13/h6-9,12H,2-5H2,1H3,(H,19,22). The van der Waals surface area contributed by atoms with Crippen LogP contribution in [0.15, 0.2) is 24.3 Å². The van der Waals surface area contributed by atoms with Crippen LogP contribution >= 0.6 is 11.6 Å². The molecule has 1 aliphatic carbocycles. The van der Waals surface area contributed by atoms with Crippen molar-refractivity contribution in [1.82, 2.24) is 15.1 Å². The molecule has 0 spiro atoms. The molecule has 1 amide bonds.